The molecular weight excluding hydrogens is 212 g/mol. The van der Waals surface area contributed by atoms with Gasteiger partial charge >= 0.3 is 0 Å². The van der Waals surface area contributed by atoms with Crippen LogP contribution in [0.4, 0.5) is 0 Å². The second-order valence-electron chi connectivity index (χ2n) is 4.91. The molecule has 0 spiro atoms. The van der Waals surface area contributed by atoms with E-state index in [1.54, 1.807) is 0 Å². The smallest absolute Gasteiger partial charge is 0.267 e. The third-order valence-corrected chi connectivity index (χ3v) is 4.32. The van der Waals surface area contributed by atoms with Gasteiger partial charge in [-0.25, -0.2) is 0 Å². The molecule has 0 atom stereocenters. The highest BCUT2D eigenvalue weighted by Gasteiger charge is 2.19. The van der Waals surface area contributed by atoms with Crippen LogP contribution in [-0.4, -0.2) is 20.8 Å². The van der Waals surface area contributed by atoms with Gasteiger partial charge < -0.3 is 0 Å². The number of hydrogen-bond acceptors (Lipinski definition) is 3. The predicted octanol–water partition coefficient (Wildman–Crippen LogP) is 2.57. The van der Waals surface area contributed by atoms with Crippen molar-refractivity contribution in [2.45, 2.75) is 46.0 Å². The Hall–Kier alpha value is -0.0900. The van der Waals surface area contributed by atoms with E-state index >= 15 is 0 Å². The summed E-state index contributed by atoms with van der Waals surface area (Å²) in [5.41, 5.74) is 0. The normalized spacial score (nSPS) is 19.7. The Kier molecular flexibility index (Phi) is 5.06. The van der Waals surface area contributed by atoms with E-state index in [1.165, 1.54) is 19.3 Å². The van der Waals surface area contributed by atoms with E-state index < -0.39 is 10.1 Å². The Morgan fingerprint density at radius 1 is 1.20 bits per heavy atom. The summed E-state index contributed by atoms with van der Waals surface area (Å²) in [6.07, 6.45) is 5.97. The second kappa shape index (κ2) is 5.85. The van der Waals surface area contributed by atoms with Crippen LogP contribution in [0.3, 0.4) is 0 Å². The Morgan fingerprint density at radius 2 is 1.80 bits per heavy atom. The quantitative estimate of drug-likeness (QED) is 0.687. The van der Waals surface area contributed by atoms with Crippen molar-refractivity contribution in [3.05, 3.63) is 0 Å². The summed E-state index contributed by atoms with van der Waals surface area (Å²) in [5.74, 6) is 0.738. The van der Waals surface area contributed by atoms with Crippen LogP contribution in [0.25, 0.3) is 0 Å². The SMILES string of the molecule is CC(C)CS(=O)(=O)OCC1CCCCC1. The maximum absolute atomic E-state index is 11.5. The molecule has 0 aromatic carbocycles. The molecule has 0 heterocycles. The molecule has 0 saturated heterocycles. The Balaban J connectivity index is 2.28. The maximum Gasteiger partial charge on any atom is 0.267 e. The van der Waals surface area contributed by atoms with Gasteiger partial charge in [-0.1, -0.05) is 33.1 Å². The minimum absolute atomic E-state index is 0.139. The Morgan fingerprint density at radius 3 is 2.33 bits per heavy atom. The van der Waals surface area contributed by atoms with Gasteiger partial charge in [0, 0.05) is 0 Å². The van der Waals surface area contributed by atoms with E-state index in [1.807, 2.05) is 13.8 Å². The van der Waals surface area contributed by atoms with Crippen molar-refractivity contribution < 1.29 is 12.6 Å². The minimum atomic E-state index is -3.28. The largest absolute Gasteiger partial charge is 0.270 e. The van der Waals surface area contributed by atoms with Crippen LogP contribution in [0.15, 0.2) is 0 Å². The summed E-state index contributed by atoms with van der Waals surface area (Å²) >= 11 is 0. The van der Waals surface area contributed by atoms with Crippen molar-refractivity contribution in [3.63, 3.8) is 0 Å². The molecular formula is C11H22O3S. The lowest BCUT2D eigenvalue weighted by Gasteiger charge is -2.21. The van der Waals surface area contributed by atoms with Crippen molar-refractivity contribution in [1.82, 2.24) is 0 Å². The third kappa shape index (κ3) is 5.52. The molecule has 0 unspecified atom stereocenters. The van der Waals surface area contributed by atoms with Gasteiger partial charge in [0.25, 0.3) is 10.1 Å². The summed E-state index contributed by atoms with van der Waals surface area (Å²) in [6, 6.07) is 0. The molecule has 1 saturated carbocycles. The van der Waals surface area contributed by atoms with Crippen molar-refractivity contribution >= 4 is 10.1 Å². The Bertz CT molecular complexity index is 264. The molecule has 3 nitrogen and oxygen atoms in total. The van der Waals surface area contributed by atoms with Crippen molar-refractivity contribution in [2.24, 2.45) is 11.8 Å². The summed E-state index contributed by atoms with van der Waals surface area (Å²) in [4.78, 5) is 0. The van der Waals surface area contributed by atoms with Crippen LogP contribution in [0.1, 0.15) is 46.0 Å². The van der Waals surface area contributed by atoms with Gasteiger partial charge in [0.05, 0.1) is 12.4 Å². The summed E-state index contributed by atoms with van der Waals surface area (Å²) in [6.45, 7) is 4.18. The summed E-state index contributed by atoms with van der Waals surface area (Å²) in [7, 11) is -3.28. The highest BCUT2D eigenvalue weighted by molar-refractivity contribution is 7.86. The molecule has 0 aromatic rings. The average Bonchev–Trinajstić information content (AvgIpc) is 2.15. The zero-order valence-corrected chi connectivity index (χ0v) is 10.6. The van der Waals surface area contributed by atoms with Crippen LogP contribution in [0.5, 0.6) is 0 Å². The molecule has 4 heteroatoms. The second-order valence-corrected chi connectivity index (χ2v) is 6.59. The fourth-order valence-corrected chi connectivity index (χ4v) is 3.32. The summed E-state index contributed by atoms with van der Waals surface area (Å²) in [5, 5.41) is 0. The Labute approximate surface area is 93.3 Å². The molecule has 0 aromatic heterocycles. The molecule has 1 aliphatic carbocycles. The highest BCUT2D eigenvalue weighted by atomic mass is 32.2. The van der Waals surface area contributed by atoms with Crippen molar-refractivity contribution in [3.8, 4) is 0 Å². The minimum Gasteiger partial charge on any atom is -0.270 e. The fourth-order valence-electron chi connectivity index (χ4n) is 2.01. The van der Waals surface area contributed by atoms with Gasteiger partial charge in [-0.3, -0.25) is 4.18 Å². The lowest BCUT2D eigenvalue weighted by atomic mass is 9.90. The van der Waals surface area contributed by atoms with Gasteiger partial charge in [-0.15, -0.1) is 0 Å². The van der Waals surface area contributed by atoms with Gasteiger partial charge in [0.15, 0.2) is 0 Å². The van der Waals surface area contributed by atoms with E-state index in [0.717, 1.165) is 12.8 Å². The third-order valence-electron chi connectivity index (χ3n) is 2.75. The molecule has 90 valence electrons. The van der Waals surface area contributed by atoms with Crippen LogP contribution in [0, 0.1) is 11.8 Å². The van der Waals surface area contributed by atoms with Crippen LogP contribution in [0.2, 0.25) is 0 Å². The first kappa shape index (κ1) is 13.0. The first-order valence-corrected chi connectivity index (χ1v) is 7.44. The molecule has 0 radical (unpaired) electrons. The van der Waals surface area contributed by atoms with Gasteiger partial charge in [-0.05, 0) is 24.7 Å². The molecule has 1 rings (SSSR count). The number of hydrogen-bond donors (Lipinski definition) is 0. The molecule has 0 amide bonds. The average molecular weight is 234 g/mol. The lowest BCUT2D eigenvalue weighted by molar-refractivity contribution is 0.213. The van der Waals surface area contributed by atoms with E-state index in [4.69, 9.17) is 4.18 Å². The standard InChI is InChI=1S/C11H22O3S/c1-10(2)9-15(12,13)14-8-11-6-4-3-5-7-11/h10-11H,3-9H2,1-2H3. The molecule has 1 aliphatic rings. The van der Waals surface area contributed by atoms with Crippen LogP contribution >= 0.6 is 0 Å². The number of rotatable bonds is 5. The lowest BCUT2D eigenvalue weighted by Crippen LogP contribution is -2.20. The fraction of sp³-hybridized carbons (Fsp3) is 1.00. The molecule has 1 fully saturated rings. The van der Waals surface area contributed by atoms with E-state index in [0.29, 0.717) is 12.5 Å². The maximum atomic E-state index is 11.5. The van der Waals surface area contributed by atoms with Crippen molar-refractivity contribution in [1.29, 1.82) is 0 Å². The van der Waals surface area contributed by atoms with Gasteiger partial charge in [-0.2, -0.15) is 8.42 Å². The first-order valence-electron chi connectivity index (χ1n) is 5.87. The zero-order chi connectivity index (χ0) is 11.3. The molecule has 0 bridgehead atoms. The highest BCUT2D eigenvalue weighted by Crippen LogP contribution is 2.24. The van der Waals surface area contributed by atoms with E-state index in [2.05, 4.69) is 0 Å². The topological polar surface area (TPSA) is 43.4 Å². The van der Waals surface area contributed by atoms with Crippen molar-refractivity contribution in [2.75, 3.05) is 12.4 Å². The molecule has 0 aliphatic heterocycles. The predicted molar refractivity (Wildman–Crippen MR) is 61.2 cm³/mol. The zero-order valence-electron chi connectivity index (χ0n) is 9.74. The van der Waals surface area contributed by atoms with Gasteiger partial charge in [0.2, 0.25) is 0 Å². The molecule has 15 heavy (non-hydrogen) atoms. The van der Waals surface area contributed by atoms with E-state index in [-0.39, 0.29) is 11.7 Å². The van der Waals surface area contributed by atoms with E-state index in [9.17, 15) is 8.42 Å². The summed E-state index contributed by atoms with van der Waals surface area (Å²) < 4.78 is 28.0. The van der Waals surface area contributed by atoms with Gasteiger partial charge in [0.1, 0.15) is 0 Å². The monoisotopic (exact) mass is 234 g/mol. The first-order chi connectivity index (χ1) is 6.99. The molecule has 0 N–H and O–H groups in total. The van der Waals surface area contributed by atoms with Crippen LogP contribution < -0.4 is 0 Å². The van der Waals surface area contributed by atoms with Crippen LogP contribution in [-0.2, 0) is 14.3 Å².